The van der Waals surface area contributed by atoms with Gasteiger partial charge in [-0.2, -0.15) is 0 Å². The predicted molar refractivity (Wildman–Crippen MR) is 355 cm³/mol. The number of carbonyl (C=O) groups is 2. The maximum atomic E-state index is 12.9. The number of carbonyl (C=O) groups excluding carboxylic acids is 2. The van der Waals surface area contributed by atoms with Gasteiger partial charge < -0.3 is 27.9 Å². The molecule has 0 aliphatic rings. The van der Waals surface area contributed by atoms with Crippen LogP contribution in [-0.4, -0.2) is 70.0 Å². The fourth-order valence-electron chi connectivity index (χ4n) is 9.36. The first-order valence-corrected chi connectivity index (χ1v) is 35.6. The number of allylic oxidation sites excluding steroid dienone is 18. The van der Waals surface area contributed by atoms with Crippen LogP contribution < -0.4 is 4.89 Å². The smallest absolute Gasteiger partial charge is 0.306 e. The molecule has 0 aliphatic heterocycles. The number of phosphoric acid groups is 1. The highest BCUT2D eigenvalue weighted by Crippen LogP contribution is 2.38. The van der Waals surface area contributed by atoms with Crippen LogP contribution in [0.1, 0.15) is 290 Å². The second-order valence-electron chi connectivity index (χ2n) is 23.8. The number of ether oxygens (including phenoxy) is 2. The zero-order valence-electron chi connectivity index (χ0n) is 54.4. The highest BCUT2D eigenvalue weighted by molar-refractivity contribution is 7.45. The van der Waals surface area contributed by atoms with Crippen molar-refractivity contribution < 1.29 is 42.1 Å². The zero-order valence-corrected chi connectivity index (χ0v) is 55.3. The summed E-state index contributed by atoms with van der Waals surface area (Å²) in [6.45, 7) is 4.15. The fraction of sp³-hybridized carbons (Fsp3) is 0.726. The molecule has 0 aromatic carbocycles. The van der Waals surface area contributed by atoms with E-state index in [-0.39, 0.29) is 32.0 Å². The maximum absolute atomic E-state index is 12.9. The molecule has 0 amide bonds. The van der Waals surface area contributed by atoms with Gasteiger partial charge >= 0.3 is 11.9 Å². The largest absolute Gasteiger partial charge is 0.756 e. The Bertz CT molecular complexity index is 1770. The molecule has 0 spiro atoms. The van der Waals surface area contributed by atoms with Gasteiger partial charge in [0.05, 0.1) is 27.7 Å². The van der Waals surface area contributed by atoms with Crippen molar-refractivity contribution in [1.29, 1.82) is 0 Å². The van der Waals surface area contributed by atoms with E-state index >= 15 is 0 Å². The molecule has 0 heterocycles. The standard InChI is InChI=1S/C73H128NO8P/c1-6-8-10-12-14-16-18-20-22-24-26-28-30-31-32-33-34-35-36-37-38-39-40-41-42-43-44-46-48-50-52-54-56-58-60-62-64-66-73(76)82-71(70-81-83(77,78)80-68-67-74(3,4)5)69-79-72(75)65-63-61-59-57-55-53-51-49-47-45-29-27-25-23-21-19-17-15-13-11-9-7-2/h8,10,14,16,20,22,26,28,31-32,34-35,37-38,40-41,43-44,71H,6-7,9,11-13,15,17-19,21,23-25,27,29-30,33,36,39,42,45-70H2,1-5H3/b10-8-,16-14-,22-20-,28-26-,32-31-,35-34-,38-37-,41-40-,44-43-. The van der Waals surface area contributed by atoms with Crippen molar-refractivity contribution in [3.8, 4) is 0 Å². The minimum Gasteiger partial charge on any atom is -0.756 e. The molecule has 0 aromatic rings. The Morgan fingerprint density at radius 3 is 1.02 bits per heavy atom. The third kappa shape index (κ3) is 67.7. The number of hydrogen-bond acceptors (Lipinski definition) is 8. The third-order valence-corrected chi connectivity index (χ3v) is 15.5. The van der Waals surface area contributed by atoms with E-state index in [1.54, 1.807) is 0 Å². The van der Waals surface area contributed by atoms with Crippen molar-refractivity contribution in [2.75, 3.05) is 47.5 Å². The van der Waals surface area contributed by atoms with E-state index in [9.17, 15) is 19.0 Å². The van der Waals surface area contributed by atoms with Crippen LogP contribution in [0, 0.1) is 0 Å². The van der Waals surface area contributed by atoms with E-state index in [2.05, 4.69) is 123 Å². The number of unbranched alkanes of at least 4 members (excludes halogenated alkanes) is 30. The summed E-state index contributed by atoms with van der Waals surface area (Å²) in [5.41, 5.74) is 0. The van der Waals surface area contributed by atoms with Gasteiger partial charge in [0.15, 0.2) is 6.10 Å². The number of nitrogens with zero attached hydrogens (tertiary/aromatic N) is 1. The van der Waals surface area contributed by atoms with Crippen LogP contribution >= 0.6 is 7.82 Å². The van der Waals surface area contributed by atoms with Crippen LogP contribution in [0.25, 0.3) is 0 Å². The van der Waals surface area contributed by atoms with Crippen molar-refractivity contribution in [2.24, 2.45) is 0 Å². The quantitative estimate of drug-likeness (QED) is 0.0195. The summed E-state index contributed by atoms with van der Waals surface area (Å²) in [4.78, 5) is 38.0. The number of esters is 2. The van der Waals surface area contributed by atoms with E-state index < -0.39 is 26.5 Å². The lowest BCUT2D eigenvalue weighted by molar-refractivity contribution is -0.870. The summed E-state index contributed by atoms with van der Waals surface area (Å²) in [6.07, 6.45) is 88.7. The Morgan fingerprint density at radius 1 is 0.386 bits per heavy atom. The molecular weight excluding hydrogens is 1050 g/mol. The van der Waals surface area contributed by atoms with Crippen molar-refractivity contribution >= 4 is 19.8 Å². The van der Waals surface area contributed by atoms with E-state index in [0.29, 0.717) is 17.4 Å². The second-order valence-corrected chi connectivity index (χ2v) is 25.2. The molecule has 0 radical (unpaired) electrons. The van der Waals surface area contributed by atoms with Gasteiger partial charge in [-0.1, -0.05) is 303 Å². The molecule has 2 atom stereocenters. The molecule has 83 heavy (non-hydrogen) atoms. The van der Waals surface area contributed by atoms with E-state index in [1.807, 2.05) is 21.1 Å². The molecule has 0 saturated carbocycles. The summed E-state index contributed by atoms with van der Waals surface area (Å²) in [5.74, 6) is -0.834. The van der Waals surface area contributed by atoms with Gasteiger partial charge in [-0.15, -0.1) is 0 Å². The predicted octanol–water partition coefficient (Wildman–Crippen LogP) is 21.5. The summed E-state index contributed by atoms with van der Waals surface area (Å²) in [5, 5.41) is 0. The first-order chi connectivity index (χ1) is 40.5. The average molecular weight is 1180 g/mol. The van der Waals surface area contributed by atoms with E-state index in [0.717, 1.165) is 103 Å². The molecule has 0 N–H and O–H groups in total. The molecule has 0 aromatic heterocycles. The number of hydrogen-bond donors (Lipinski definition) is 0. The summed E-state index contributed by atoms with van der Waals surface area (Å²) in [6, 6.07) is 0. The lowest BCUT2D eigenvalue weighted by Crippen LogP contribution is -2.37. The molecule has 10 heteroatoms. The number of likely N-dealkylation sites (N-methyl/N-ethyl adjacent to an activating group) is 1. The monoisotopic (exact) mass is 1180 g/mol. The van der Waals surface area contributed by atoms with Gasteiger partial charge in [0.2, 0.25) is 0 Å². The summed E-state index contributed by atoms with van der Waals surface area (Å²) in [7, 11) is 1.16. The third-order valence-electron chi connectivity index (χ3n) is 14.6. The van der Waals surface area contributed by atoms with Gasteiger partial charge in [0, 0.05) is 12.8 Å². The Balaban J connectivity index is 4.10. The van der Waals surface area contributed by atoms with Gasteiger partial charge in [0.25, 0.3) is 7.82 Å². The van der Waals surface area contributed by atoms with Crippen LogP contribution in [0.15, 0.2) is 109 Å². The molecule has 2 unspecified atom stereocenters. The molecule has 0 rings (SSSR count). The van der Waals surface area contributed by atoms with Crippen molar-refractivity contribution in [3.05, 3.63) is 109 Å². The van der Waals surface area contributed by atoms with E-state index in [1.165, 1.54) is 154 Å². The maximum Gasteiger partial charge on any atom is 0.306 e. The molecule has 9 nitrogen and oxygen atoms in total. The lowest BCUT2D eigenvalue weighted by atomic mass is 10.0. The lowest BCUT2D eigenvalue weighted by Gasteiger charge is -2.28. The van der Waals surface area contributed by atoms with Crippen molar-refractivity contribution in [2.45, 2.75) is 296 Å². The van der Waals surface area contributed by atoms with Crippen LogP contribution in [0.4, 0.5) is 0 Å². The Kier molecular flexibility index (Phi) is 60.6. The topological polar surface area (TPSA) is 111 Å². The van der Waals surface area contributed by atoms with Gasteiger partial charge in [0.1, 0.15) is 19.8 Å². The van der Waals surface area contributed by atoms with Crippen LogP contribution in [0.5, 0.6) is 0 Å². The normalized spacial score (nSPS) is 13.9. The Morgan fingerprint density at radius 2 is 0.687 bits per heavy atom. The fourth-order valence-corrected chi connectivity index (χ4v) is 10.1. The first kappa shape index (κ1) is 79.7. The minimum absolute atomic E-state index is 0.0350. The molecular formula is C73H128NO8P. The zero-order chi connectivity index (χ0) is 60.5. The number of quaternary nitrogens is 1. The van der Waals surface area contributed by atoms with Gasteiger partial charge in [-0.05, 0) is 83.5 Å². The molecule has 0 saturated heterocycles. The van der Waals surface area contributed by atoms with Gasteiger partial charge in [-0.3, -0.25) is 14.2 Å². The van der Waals surface area contributed by atoms with E-state index in [4.69, 9.17) is 18.5 Å². The van der Waals surface area contributed by atoms with Crippen molar-refractivity contribution in [1.82, 2.24) is 0 Å². The Hall–Kier alpha value is -3.33. The minimum atomic E-state index is -4.65. The molecule has 0 fully saturated rings. The number of phosphoric ester groups is 1. The first-order valence-electron chi connectivity index (χ1n) is 34.1. The van der Waals surface area contributed by atoms with Crippen LogP contribution in [0.2, 0.25) is 0 Å². The SMILES string of the molecule is CC/C=C\C/C=C\C/C=C\C/C=C\C/C=C\C/C=C\C/C=C\C/C=C\C/C=C\CCCCCCCCCCCC(=O)OC(COC(=O)CCCCCCCCCCCCCCCCCCCCCCCC)COP(=O)([O-])OCC[N+](C)(C)C. The van der Waals surface area contributed by atoms with Gasteiger partial charge in [-0.25, -0.2) is 0 Å². The Labute approximate surface area is 512 Å². The number of rotatable bonds is 62. The van der Waals surface area contributed by atoms with Crippen LogP contribution in [0.3, 0.4) is 0 Å². The summed E-state index contributed by atoms with van der Waals surface area (Å²) < 4.78 is 34.3. The molecule has 478 valence electrons. The highest BCUT2D eigenvalue weighted by atomic mass is 31.2. The summed E-state index contributed by atoms with van der Waals surface area (Å²) >= 11 is 0. The van der Waals surface area contributed by atoms with Crippen molar-refractivity contribution in [3.63, 3.8) is 0 Å². The average Bonchev–Trinajstić information content (AvgIpc) is 3.49. The van der Waals surface area contributed by atoms with Crippen LogP contribution in [-0.2, 0) is 32.7 Å². The molecule has 0 bridgehead atoms. The second kappa shape index (κ2) is 63.2. The highest BCUT2D eigenvalue weighted by Gasteiger charge is 2.22. The molecule has 0 aliphatic carbocycles.